The zero-order valence-electron chi connectivity index (χ0n) is 20.3. The first-order valence-electron chi connectivity index (χ1n) is 11.3. The van der Waals surface area contributed by atoms with Crippen molar-refractivity contribution in [3.05, 3.63) is 88.5 Å². The molecule has 9 nitrogen and oxygen atoms in total. The van der Waals surface area contributed by atoms with E-state index in [1.165, 1.54) is 18.3 Å². The average molecular weight is 601 g/mol. The Kier molecular flexibility index (Phi) is 8.80. The second-order valence-corrected chi connectivity index (χ2v) is 8.42. The van der Waals surface area contributed by atoms with Crippen LogP contribution in [0.1, 0.15) is 16.7 Å². The lowest BCUT2D eigenvalue weighted by Crippen LogP contribution is -2.16. The van der Waals surface area contributed by atoms with Crippen molar-refractivity contribution in [2.24, 2.45) is 10.2 Å². The molecule has 0 aliphatic heterocycles. The fourth-order valence-corrected chi connectivity index (χ4v) is 3.27. The standard InChI is InChI=1S/C24H16ClF7N8O/c25-19-8-3-14(10-33-19)11-34-20-37-21(36-15-4-7-18(26)17(9-15)23(27,28)29)39-22(38-20)40-35-12-13-1-5-16(6-2-13)41-24(30,31)32/h1-10H,11-12H2,(H2,34,36,37,38,39). The van der Waals surface area contributed by atoms with Crippen molar-refractivity contribution >= 4 is 35.1 Å². The van der Waals surface area contributed by atoms with Crippen LogP contribution in [0.5, 0.6) is 5.75 Å². The minimum Gasteiger partial charge on any atom is -0.406 e. The lowest BCUT2D eigenvalue weighted by atomic mass is 10.2. The van der Waals surface area contributed by atoms with Crippen LogP contribution in [0.25, 0.3) is 0 Å². The highest BCUT2D eigenvalue weighted by Gasteiger charge is 2.34. The van der Waals surface area contributed by atoms with Gasteiger partial charge in [-0.15, -0.1) is 18.3 Å². The van der Waals surface area contributed by atoms with Crippen LogP contribution in [-0.2, 0) is 19.3 Å². The van der Waals surface area contributed by atoms with Crippen LogP contribution in [0.3, 0.4) is 0 Å². The number of halogens is 8. The van der Waals surface area contributed by atoms with Crippen LogP contribution >= 0.6 is 11.6 Å². The van der Waals surface area contributed by atoms with Crippen molar-refractivity contribution in [3.8, 4) is 5.75 Å². The largest absolute Gasteiger partial charge is 0.573 e. The van der Waals surface area contributed by atoms with Crippen LogP contribution in [0.4, 0.5) is 54.3 Å². The summed E-state index contributed by atoms with van der Waals surface area (Å²) in [6, 6.07) is 10.4. The third-order valence-electron chi connectivity index (χ3n) is 4.96. The van der Waals surface area contributed by atoms with Crippen LogP contribution in [-0.4, -0.2) is 26.3 Å². The summed E-state index contributed by atoms with van der Waals surface area (Å²) in [7, 11) is 0. The summed E-state index contributed by atoms with van der Waals surface area (Å²) in [6.45, 7) is 0.0954. The topological polar surface area (TPSA) is 110 Å². The summed E-state index contributed by atoms with van der Waals surface area (Å²) in [6.07, 6.45) is -8.27. The second kappa shape index (κ2) is 12.3. The van der Waals surface area contributed by atoms with Crippen molar-refractivity contribution in [2.45, 2.75) is 25.6 Å². The minimum atomic E-state index is -4.93. The van der Waals surface area contributed by atoms with E-state index in [9.17, 15) is 30.7 Å². The second-order valence-electron chi connectivity index (χ2n) is 8.03. The quantitative estimate of drug-likeness (QED) is 0.116. The molecule has 0 aliphatic rings. The fraction of sp³-hybridized carbons (Fsp3) is 0.167. The van der Waals surface area contributed by atoms with E-state index < -0.39 is 29.7 Å². The number of hydrogen-bond acceptors (Lipinski definition) is 9. The van der Waals surface area contributed by atoms with Crippen molar-refractivity contribution in [3.63, 3.8) is 0 Å². The molecule has 2 aromatic heterocycles. The van der Waals surface area contributed by atoms with Gasteiger partial charge in [-0.2, -0.15) is 33.2 Å². The number of azo groups is 1. The van der Waals surface area contributed by atoms with E-state index in [0.29, 0.717) is 23.3 Å². The van der Waals surface area contributed by atoms with E-state index in [4.69, 9.17) is 11.6 Å². The highest BCUT2D eigenvalue weighted by Crippen LogP contribution is 2.33. The zero-order valence-corrected chi connectivity index (χ0v) is 21.1. The molecular weight excluding hydrogens is 585 g/mol. The molecule has 0 bridgehead atoms. The molecule has 0 saturated heterocycles. The first-order valence-corrected chi connectivity index (χ1v) is 11.7. The van der Waals surface area contributed by atoms with Crippen LogP contribution < -0.4 is 15.4 Å². The number of ether oxygens (including phenoxy) is 1. The summed E-state index contributed by atoms with van der Waals surface area (Å²) in [5.74, 6) is -2.40. The number of alkyl halides is 6. The number of pyridine rings is 1. The van der Waals surface area contributed by atoms with E-state index in [1.807, 2.05) is 0 Å². The number of hydrogen-bond donors (Lipinski definition) is 2. The van der Waals surface area contributed by atoms with Crippen molar-refractivity contribution in [1.82, 2.24) is 19.9 Å². The van der Waals surface area contributed by atoms with E-state index in [1.54, 1.807) is 12.1 Å². The van der Waals surface area contributed by atoms with Crippen LogP contribution in [0.2, 0.25) is 5.15 Å². The van der Waals surface area contributed by atoms with Gasteiger partial charge in [-0.25, -0.2) is 9.37 Å². The van der Waals surface area contributed by atoms with Gasteiger partial charge in [0.2, 0.25) is 11.9 Å². The van der Waals surface area contributed by atoms with Crippen molar-refractivity contribution in [1.29, 1.82) is 0 Å². The molecule has 0 unspecified atom stereocenters. The molecule has 0 fully saturated rings. The Morgan fingerprint density at radius 1 is 0.854 bits per heavy atom. The molecule has 0 spiro atoms. The summed E-state index contributed by atoms with van der Waals surface area (Å²) in [5.41, 5.74) is -0.479. The molecule has 0 aliphatic carbocycles. The maximum atomic E-state index is 13.7. The van der Waals surface area contributed by atoms with E-state index >= 15 is 0 Å². The third kappa shape index (κ3) is 8.96. The maximum Gasteiger partial charge on any atom is 0.573 e. The van der Waals surface area contributed by atoms with Gasteiger partial charge in [-0.3, -0.25) is 0 Å². The number of aromatic nitrogens is 4. The number of nitrogens with one attached hydrogen (secondary N) is 2. The van der Waals surface area contributed by atoms with Crippen LogP contribution in [0.15, 0.2) is 71.0 Å². The lowest BCUT2D eigenvalue weighted by Gasteiger charge is -2.12. The fourth-order valence-electron chi connectivity index (χ4n) is 3.16. The monoisotopic (exact) mass is 600 g/mol. The van der Waals surface area contributed by atoms with Crippen molar-refractivity contribution < 1.29 is 35.5 Å². The van der Waals surface area contributed by atoms with Gasteiger partial charge in [0.25, 0.3) is 5.95 Å². The normalized spacial score (nSPS) is 12.0. The smallest absolute Gasteiger partial charge is 0.406 e. The van der Waals surface area contributed by atoms with E-state index in [2.05, 4.69) is 45.5 Å². The van der Waals surface area contributed by atoms with Gasteiger partial charge >= 0.3 is 12.5 Å². The highest BCUT2D eigenvalue weighted by atomic mass is 35.5. The Bertz CT molecular complexity index is 1510. The van der Waals surface area contributed by atoms with E-state index in [0.717, 1.165) is 18.2 Å². The van der Waals surface area contributed by atoms with Gasteiger partial charge in [0.05, 0.1) is 12.1 Å². The molecule has 0 amide bonds. The van der Waals surface area contributed by atoms with Crippen molar-refractivity contribution in [2.75, 3.05) is 10.6 Å². The first kappa shape index (κ1) is 29.4. The average Bonchev–Trinajstić information content (AvgIpc) is 2.89. The summed E-state index contributed by atoms with van der Waals surface area (Å²) < 4.78 is 93.9. The Morgan fingerprint density at radius 2 is 1.56 bits per heavy atom. The van der Waals surface area contributed by atoms with Gasteiger partial charge in [-0.05, 0) is 47.5 Å². The molecular formula is C24H16ClF7N8O. The van der Waals surface area contributed by atoms with Crippen LogP contribution in [0, 0.1) is 5.82 Å². The molecule has 2 N–H and O–H groups in total. The van der Waals surface area contributed by atoms with Gasteiger partial charge in [0.1, 0.15) is 16.7 Å². The summed E-state index contributed by atoms with van der Waals surface area (Å²) in [4.78, 5) is 16.2. The summed E-state index contributed by atoms with van der Waals surface area (Å²) in [5, 5.41) is 13.5. The molecule has 2 aromatic carbocycles. The summed E-state index contributed by atoms with van der Waals surface area (Å²) >= 11 is 5.78. The first-order chi connectivity index (χ1) is 19.3. The van der Waals surface area contributed by atoms with Gasteiger partial charge in [-0.1, -0.05) is 29.8 Å². The molecule has 0 saturated carbocycles. The molecule has 214 valence electrons. The molecule has 0 radical (unpaired) electrons. The minimum absolute atomic E-state index is 0.0433. The maximum absolute atomic E-state index is 13.7. The number of anilines is 3. The predicted octanol–water partition coefficient (Wildman–Crippen LogP) is 7.62. The van der Waals surface area contributed by atoms with E-state index in [-0.39, 0.29) is 41.8 Å². The SMILES string of the molecule is Fc1ccc(Nc2nc(N=NCc3ccc(OC(F)(F)F)cc3)nc(NCc3ccc(Cl)nc3)n2)cc1C(F)(F)F. The zero-order chi connectivity index (χ0) is 29.6. The predicted molar refractivity (Wildman–Crippen MR) is 132 cm³/mol. The van der Waals surface area contributed by atoms with Gasteiger partial charge < -0.3 is 15.4 Å². The molecule has 2 heterocycles. The Hall–Kier alpha value is -4.60. The molecule has 4 aromatic rings. The van der Waals surface area contributed by atoms with Gasteiger partial charge in [0.15, 0.2) is 0 Å². The Labute approximate surface area is 231 Å². The number of nitrogens with zero attached hydrogens (tertiary/aromatic N) is 6. The number of rotatable bonds is 9. The number of benzene rings is 2. The Morgan fingerprint density at radius 3 is 2.22 bits per heavy atom. The molecule has 17 heteroatoms. The Balaban J connectivity index is 1.54. The molecule has 41 heavy (non-hydrogen) atoms. The molecule has 0 atom stereocenters. The third-order valence-corrected chi connectivity index (χ3v) is 5.18. The highest BCUT2D eigenvalue weighted by molar-refractivity contribution is 6.29. The molecule has 4 rings (SSSR count). The lowest BCUT2D eigenvalue weighted by molar-refractivity contribution is -0.274. The van der Waals surface area contributed by atoms with Gasteiger partial charge in [0, 0.05) is 18.4 Å².